The number of carboxylic acid groups (broad SMARTS) is 1. The quantitative estimate of drug-likeness (QED) is 0.885. The minimum Gasteiger partial charge on any atom is -0.481 e. The molecule has 0 bridgehead atoms. The standard InChI is InChI=1S/C13H13F2NO3/c14-10-5-4-7(6-11(10)15)16-12(17)8-2-1-3-9(8)13(18)19/h4-6,8-9H,1-3H2,(H,16,17)(H,18,19). The van der Waals surface area contributed by atoms with Crippen LogP contribution >= 0.6 is 0 Å². The summed E-state index contributed by atoms with van der Waals surface area (Å²) in [5, 5.41) is 11.4. The van der Waals surface area contributed by atoms with Gasteiger partial charge in [-0.05, 0) is 25.0 Å². The second kappa shape index (κ2) is 5.34. The molecule has 2 unspecified atom stereocenters. The number of carboxylic acids is 1. The second-order valence-electron chi connectivity index (χ2n) is 4.60. The molecular weight excluding hydrogens is 256 g/mol. The molecule has 6 heteroatoms. The minimum absolute atomic E-state index is 0.125. The summed E-state index contributed by atoms with van der Waals surface area (Å²) < 4.78 is 25.7. The largest absolute Gasteiger partial charge is 0.481 e. The number of hydrogen-bond acceptors (Lipinski definition) is 2. The van der Waals surface area contributed by atoms with Gasteiger partial charge in [-0.3, -0.25) is 9.59 Å². The number of halogens is 2. The van der Waals surface area contributed by atoms with Gasteiger partial charge >= 0.3 is 5.97 Å². The second-order valence-corrected chi connectivity index (χ2v) is 4.60. The molecule has 102 valence electrons. The molecule has 0 heterocycles. The van der Waals surface area contributed by atoms with Crippen LogP contribution in [0.1, 0.15) is 19.3 Å². The lowest BCUT2D eigenvalue weighted by atomic mass is 9.95. The third-order valence-electron chi connectivity index (χ3n) is 3.36. The molecule has 0 aromatic heterocycles. The van der Waals surface area contributed by atoms with E-state index in [1.54, 1.807) is 0 Å². The average Bonchev–Trinajstić information content (AvgIpc) is 2.83. The maximum Gasteiger partial charge on any atom is 0.307 e. The lowest BCUT2D eigenvalue weighted by Crippen LogP contribution is -2.30. The highest BCUT2D eigenvalue weighted by Gasteiger charge is 2.37. The Hall–Kier alpha value is -1.98. The molecule has 1 amide bonds. The number of carbonyl (C=O) groups is 2. The Morgan fingerprint density at radius 3 is 2.47 bits per heavy atom. The molecule has 1 aromatic rings. The zero-order valence-electron chi connectivity index (χ0n) is 10.0. The van der Waals surface area contributed by atoms with Crippen molar-refractivity contribution in [3.8, 4) is 0 Å². The molecule has 1 saturated carbocycles. The number of aliphatic carboxylic acids is 1. The Kier molecular flexibility index (Phi) is 3.78. The molecule has 4 nitrogen and oxygen atoms in total. The number of hydrogen-bond donors (Lipinski definition) is 2. The van der Waals surface area contributed by atoms with Crippen LogP contribution in [0, 0.1) is 23.5 Å². The van der Waals surface area contributed by atoms with E-state index in [1.165, 1.54) is 6.07 Å². The highest BCUT2D eigenvalue weighted by Crippen LogP contribution is 2.32. The Labute approximate surface area is 108 Å². The van der Waals surface area contributed by atoms with Crippen molar-refractivity contribution in [3.05, 3.63) is 29.8 Å². The summed E-state index contributed by atoms with van der Waals surface area (Å²) in [7, 11) is 0. The molecule has 2 N–H and O–H groups in total. The predicted octanol–water partition coefficient (Wildman–Crippen LogP) is 2.40. The van der Waals surface area contributed by atoms with Crippen LogP contribution in [0.2, 0.25) is 0 Å². The smallest absolute Gasteiger partial charge is 0.307 e. The zero-order chi connectivity index (χ0) is 14.0. The average molecular weight is 269 g/mol. The van der Waals surface area contributed by atoms with Crippen LogP contribution in [0.5, 0.6) is 0 Å². The molecule has 0 spiro atoms. The summed E-state index contributed by atoms with van der Waals surface area (Å²) in [6.07, 6.45) is 1.63. The van der Waals surface area contributed by atoms with E-state index in [9.17, 15) is 18.4 Å². The first-order valence-electron chi connectivity index (χ1n) is 5.98. The molecule has 1 aliphatic rings. The summed E-state index contributed by atoms with van der Waals surface area (Å²) in [6, 6.07) is 3.02. The Morgan fingerprint density at radius 2 is 1.84 bits per heavy atom. The molecule has 1 aliphatic carbocycles. The van der Waals surface area contributed by atoms with Crippen LogP contribution in [0.25, 0.3) is 0 Å². The van der Waals surface area contributed by atoms with Gasteiger partial charge < -0.3 is 10.4 Å². The topological polar surface area (TPSA) is 66.4 Å². The third-order valence-corrected chi connectivity index (χ3v) is 3.36. The highest BCUT2D eigenvalue weighted by atomic mass is 19.2. The van der Waals surface area contributed by atoms with Crippen LogP contribution in [-0.2, 0) is 9.59 Å². The van der Waals surface area contributed by atoms with E-state index in [0.29, 0.717) is 19.3 Å². The SMILES string of the molecule is O=C(O)C1CCCC1C(=O)Nc1ccc(F)c(F)c1. The van der Waals surface area contributed by atoms with Crippen molar-refractivity contribution >= 4 is 17.6 Å². The normalized spacial score (nSPS) is 22.2. The van der Waals surface area contributed by atoms with Gasteiger partial charge in [0.2, 0.25) is 5.91 Å². The highest BCUT2D eigenvalue weighted by molar-refractivity contribution is 5.95. The van der Waals surface area contributed by atoms with Crippen LogP contribution < -0.4 is 5.32 Å². The third kappa shape index (κ3) is 2.89. The lowest BCUT2D eigenvalue weighted by molar-refractivity contribution is -0.145. The summed E-state index contributed by atoms with van der Waals surface area (Å²) in [5.41, 5.74) is 0.125. The van der Waals surface area contributed by atoms with Crippen molar-refractivity contribution < 1.29 is 23.5 Å². The van der Waals surface area contributed by atoms with Gasteiger partial charge in [-0.1, -0.05) is 6.42 Å². The van der Waals surface area contributed by atoms with Gasteiger partial charge in [0.15, 0.2) is 11.6 Å². The fraction of sp³-hybridized carbons (Fsp3) is 0.385. The first kappa shape index (κ1) is 13.5. The maximum atomic E-state index is 13.0. The molecule has 19 heavy (non-hydrogen) atoms. The van der Waals surface area contributed by atoms with Crippen LogP contribution in [-0.4, -0.2) is 17.0 Å². The summed E-state index contributed by atoms with van der Waals surface area (Å²) in [5.74, 6) is -4.84. The molecular formula is C13H13F2NO3. The number of benzene rings is 1. The Balaban J connectivity index is 2.08. The minimum atomic E-state index is -1.06. The van der Waals surface area contributed by atoms with E-state index in [1.807, 2.05) is 0 Å². The maximum absolute atomic E-state index is 13.0. The number of anilines is 1. The van der Waals surface area contributed by atoms with Gasteiger partial charge in [0, 0.05) is 11.8 Å². The Bertz CT molecular complexity index is 519. The summed E-state index contributed by atoms with van der Waals surface area (Å²) in [6.45, 7) is 0. The van der Waals surface area contributed by atoms with E-state index in [4.69, 9.17) is 5.11 Å². The van der Waals surface area contributed by atoms with Crippen molar-refractivity contribution in [1.82, 2.24) is 0 Å². The van der Waals surface area contributed by atoms with E-state index in [2.05, 4.69) is 5.32 Å². The molecule has 0 radical (unpaired) electrons. The van der Waals surface area contributed by atoms with Crippen molar-refractivity contribution in [1.29, 1.82) is 0 Å². The molecule has 2 rings (SSSR count). The Morgan fingerprint density at radius 1 is 1.16 bits per heavy atom. The van der Waals surface area contributed by atoms with Crippen molar-refractivity contribution in [2.45, 2.75) is 19.3 Å². The van der Waals surface area contributed by atoms with E-state index >= 15 is 0 Å². The van der Waals surface area contributed by atoms with Gasteiger partial charge in [-0.15, -0.1) is 0 Å². The fourth-order valence-corrected chi connectivity index (χ4v) is 2.38. The summed E-state index contributed by atoms with van der Waals surface area (Å²) >= 11 is 0. The van der Waals surface area contributed by atoms with Crippen molar-refractivity contribution in [2.75, 3.05) is 5.32 Å². The van der Waals surface area contributed by atoms with E-state index < -0.39 is 35.3 Å². The lowest BCUT2D eigenvalue weighted by Gasteiger charge is -2.15. The van der Waals surface area contributed by atoms with Gasteiger partial charge in [-0.25, -0.2) is 8.78 Å². The van der Waals surface area contributed by atoms with Gasteiger partial charge in [-0.2, -0.15) is 0 Å². The van der Waals surface area contributed by atoms with Crippen LogP contribution in [0.4, 0.5) is 14.5 Å². The predicted molar refractivity (Wildman–Crippen MR) is 63.5 cm³/mol. The molecule has 0 aliphatic heterocycles. The van der Waals surface area contributed by atoms with E-state index in [-0.39, 0.29) is 5.69 Å². The molecule has 1 aromatic carbocycles. The molecule has 0 saturated heterocycles. The molecule has 2 atom stereocenters. The summed E-state index contributed by atoms with van der Waals surface area (Å²) in [4.78, 5) is 22.9. The zero-order valence-corrected chi connectivity index (χ0v) is 10.0. The fourth-order valence-electron chi connectivity index (χ4n) is 2.38. The first-order valence-corrected chi connectivity index (χ1v) is 5.98. The van der Waals surface area contributed by atoms with Crippen molar-refractivity contribution in [3.63, 3.8) is 0 Å². The van der Waals surface area contributed by atoms with E-state index in [0.717, 1.165) is 12.1 Å². The molecule has 1 fully saturated rings. The monoisotopic (exact) mass is 269 g/mol. The van der Waals surface area contributed by atoms with Gasteiger partial charge in [0.05, 0.1) is 11.8 Å². The number of rotatable bonds is 3. The van der Waals surface area contributed by atoms with Gasteiger partial charge in [0.1, 0.15) is 0 Å². The first-order chi connectivity index (χ1) is 8.99. The van der Waals surface area contributed by atoms with Crippen molar-refractivity contribution in [2.24, 2.45) is 11.8 Å². The van der Waals surface area contributed by atoms with Crippen LogP contribution in [0.3, 0.4) is 0 Å². The van der Waals surface area contributed by atoms with Gasteiger partial charge in [0.25, 0.3) is 0 Å². The number of carbonyl (C=O) groups excluding carboxylic acids is 1. The van der Waals surface area contributed by atoms with Crippen LogP contribution in [0.15, 0.2) is 18.2 Å². The number of nitrogens with one attached hydrogen (secondary N) is 1. The number of amides is 1.